The fraction of sp³-hybridized carbons (Fsp3) is 0.625. The first-order chi connectivity index (χ1) is 10.1. The van der Waals surface area contributed by atoms with Crippen LogP contribution in [-0.2, 0) is 0 Å². The van der Waals surface area contributed by atoms with Crippen LogP contribution < -0.4 is 15.4 Å². The lowest BCUT2D eigenvalue weighted by molar-refractivity contribution is 0.254. The van der Waals surface area contributed by atoms with E-state index >= 15 is 0 Å². The minimum Gasteiger partial charge on any atom is -0.491 e. The highest BCUT2D eigenvalue weighted by Gasteiger charge is 2.35. The SMILES string of the molecule is CCOc1cc(N2CCC3CCC(C2)N3C)c(N)cc1F. The lowest BCUT2D eigenvalue weighted by Gasteiger charge is -2.29. The van der Waals surface area contributed by atoms with Crippen LogP contribution in [0.3, 0.4) is 0 Å². The highest BCUT2D eigenvalue weighted by atomic mass is 19.1. The van der Waals surface area contributed by atoms with Crippen LogP contribution >= 0.6 is 0 Å². The molecule has 0 amide bonds. The summed E-state index contributed by atoms with van der Waals surface area (Å²) in [6, 6.07) is 4.38. The first kappa shape index (κ1) is 14.4. The van der Waals surface area contributed by atoms with Crippen LogP contribution in [0.5, 0.6) is 5.75 Å². The summed E-state index contributed by atoms with van der Waals surface area (Å²) in [5.74, 6) is -0.0870. The Morgan fingerprint density at radius 2 is 2.05 bits per heavy atom. The molecule has 2 bridgehead atoms. The van der Waals surface area contributed by atoms with Crippen LogP contribution in [0.1, 0.15) is 26.2 Å². The van der Waals surface area contributed by atoms with Gasteiger partial charge in [0.2, 0.25) is 0 Å². The Bertz CT molecular complexity index is 522. The van der Waals surface area contributed by atoms with Crippen molar-refractivity contribution < 1.29 is 9.13 Å². The minimum absolute atomic E-state index is 0.296. The van der Waals surface area contributed by atoms with Crippen LogP contribution in [0.25, 0.3) is 0 Å². The monoisotopic (exact) mass is 293 g/mol. The fourth-order valence-electron chi connectivity index (χ4n) is 3.63. The quantitative estimate of drug-likeness (QED) is 0.869. The number of ether oxygens (including phenoxy) is 1. The lowest BCUT2D eigenvalue weighted by atomic mass is 10.1. The number of halogens is 1. The second-order valence-electron chi connectivity index (χ2n) is 6.06. The average Bonchev–Trinajstić information content (AvgIpc) is 2.68. The molecule has 0 spiro atoms. The number of anilines is 2. The van der Waals surface area contributed by atoms with Gasteiger partial charge in [0.15, 0.2) is 11.6 Å². The topological polar surface area (TPSA) is 41.7 Å². The van der Waals surface area contributed by atoms with E-state index in [-0.39, 0.29) is 5.82 Å². The Balaban J connectivity index is 1.87. The van der Waals surface area contributed by atoms with Gasteiger partial charge in [0.1, 0.15) is 0 Å². The molecule has 2 unspecified atom stereocenters. The van der Waals surface area contributed by atoms with Crippen LogP contribution in [0, 0.1) is 5.82 Å². The van der Waals surface area contributed by atoms with Crippen LogP contribution in [0.4, 0.5) is 15.8 Å². The van der Waals surface area contributed by atoms with Gasteiger partial charge < -0.3 is 15.4 Å². The Morgan fingerprint density at radius 1 is 1.29 bits per heavy atom. The maximum absolute atomic E-state index is 13.8. The molecule has 2 atom stereocenters. The summed E-state index contributed by atoms with van der Waals surface area (Å²) in [5.41, 5.74) is 7.45. The first-order valence-electron chi connectivity index (χ1n) is 7.78. The zero-order valence-corrected chi connectivity index (χ0v) is 12.8. The number of nitrogen functional groups attached to an aromatic ring is 1. The summed E-state index contributed by atoms with van der Waals surface area (Å²) in [6.07, 6.45) is 3.66. The molecule has 21 heavy (non-hydrogen) atoms. The number of fused-ring (bicyclic) bond motifs is 2. The van der Waals surface area contributed by atoms with Crippen molar-refractivity contribution in [2.45, 2.75) is 38.3 Å². The van der Waals surface area contributed by atoms with Gasteiger partial charge in [-0.1, -0.05) is 0 Å². The van der Waals surface area contributed by atoms with Crippen molar-refractivity contribution in [1.82, 2.24) is 4.90 Å². The van der Waals surface area contributed by atoms with Crippen LogP contribution in [0.2, 0.25) is 0 Å². The van der Waals surface area contributed by atoms with Crippen molar-refractivity contribution in [2.24, 2.45) is 0 Å². The van der Waals surface area contributed by atoms with Gasteiger partial charge in [-0.15, -0.1) is 0 Å². The second-order valence-corrected chi connectivity index (χ2v) is 6.06. The van der Waals surface area contributed by atoms with Crippen molar-refractivity contribution in [3.05, 3.63) is 17.9 Å². The number of nitrogens with zero attached hydrogens (tertiary/aromatic N) is 2. The Kier molecular flexibility index (Phi) is 3.93. The molecule has 4 nitrogen and oxygen atoms in total. The third-order valence-electron chi connectivity index (χ3n) is 4.87. The van der Waals surface area contributed by atoms with E-state index < -0.39 is 0 Å². The molecule has 1 aromatic carbocycles. The van der Waals surface area contributed by atoms with Crippen molar-refractivity contribution in [1.29, 1.82) is 0 Å². The molecular formula is C16H24FN3O. The summed E-state index contributed by atoms with van der Waals surface area (Å²) < 4.78 is 19.2. The predicted molar refractivity (Wildman–Crippen MR) is 83.4 cm³/mol. The summed E-state index contributed by atoms with van der Waals surface area (Å²) in [4.78, 5) is 4.78. The zero-order valence-electron chi connectivity index (χ0n) is 12.8. The molecule has 0 aromatic heterocycles. The Hall–Kier alpha value is -1.49. The molecule has 2 N–H and O–H groups in total. The first-order valence-corrected chi connectivity index (χ1v) is 7.78. The molecule has 0 aliphatic carbocycles. The third kappa shape index (κ3) is 2.67. The summed E-state index contributed by atoms with van der Waals surface area (Å²) in [6.45, 7) is 4.23. The van der Waals surface area contributed by atoms with E-state index in [4.69, 9.17) is 10.5 Å². The van der Waals surface area contributed by atoms with E-state index in [9.17, 15) is 4.39 Å². The van der Waals surface area contributed by atoms with Gasteiger partial charge in [-0.2, -0.15) is 0 Å². The van der Waals surface area contributed by atoms with E-state index in [2.05, 4.69) is 16.8 Å². The molecule has 3 rings (SSSR count). The van der Waals surface area contributed by atoms with Gasteiger partial charge in [0, 0.05) is 37.3 Å². The highest BCUT2D eigenvalue weighted by Crippen LogP contribution is 2.35. The van der Waals surface area contributed by atoms with Crippen molar-refractivity contribution in [3.63, 3.8) is 0 Å². The molecule has 5 heteroatoms. The standard InChI is InChI=1S/C16H24FN3O/c1-3-21-16-9-15(14(18)8-13(16)17)20-7-6-11-4-5-12(10-20)19(11)2/h8-9,11-12H,3-7,10,18H2,1-2H3. The largest absolute Gasteiger partial charge is 0.491 e. The number of hydrogen-bond acceptors (Lipinski definition) is 4. The number of likely N-dealkylation sites (N-methyl/N-ethyl adjacent to an activating group) is 1. The third-order valence-corrected chi connectivity index (χ3v) is 4.87. The van der Waals surface area contributed by atoms with Crippen molar-refractivity contribution >= 4 is 11.4 Å². The van der Waals surface area contributed by atoms with E-state index in [1.54, 1.807) is 6.07 Å². The zero-order chi connectivity index (χ0) is 15.0. The van der Waals surface area contributed by atoms with E-state index in [1.165, 1.54) is 18.9 Å². The number of nitrogens with two attached hydrogens (primary N) is 1. The summed E-state index contributed by atoms with van der Waals surface area (Å²) in [7, 11) is 2.21. The van der Waals surface area contributed by atoms with Gasteiger partial charge in [0.05, 0.1) is 18.0 Å². The van der Waals surface area contributed by atoms with E-state index in [0.29, 0.717) is 30.1 Å². The summed E-state index contributed by atoms with van der Waals surface area (Å²) >= 11 is 0. The highest BCUT2D eigenvalue weighted by molar-refractivity contribution is 5.70. The molecule has 2 aliphatic heterocycles. The molecule has 2 heterocycles. The minimum atomic E-state index is -0.383. The van der Waals surface area contributed by atoms with Gasteiger partial charge in [-0.05, 0) is 33.2 Å². The maximum atomic E-state index is 13.8. The van der Waals surface area contributed by atoms with E-state index in [1.807, 2.05) is 6.92 Å². The Morgan fingerprint density at radius 3 is 2.81 bits per heavy atom. The van der Waals surface area contributed by atoms with Gasteiger partial charge >= 0.3 is 0 Å². The predicted octanol–water partition coefficient (Wildman–Crippen LogP) is 2.48. The lowest BCUT2D eigenvalue weighted by Crippen LogP contribution is -2.36. The van der Waals surface area contributed by atoms with Crippen LogP contribution in [-0.4, -0.2) is 43.7 Å². The molecular weight excluding hydrogens is 269 g/mol. The van der Waals surface area contributed by atoms with E-state index in [0.717, 1.165) is 25.2 Å². The second kappa shape index (κ2) is 5.72. The van der Waals surface area contributed by atoms with Crippen molar-refractivity contribution in [2.75, 3.05) is 37.4 Å². The van der Waals surface area contributed by atoms with Gasteiger partial charge in [-0.25, -0.2) is 4.39 Å². The number of rotatable bonds is 3. The number of benzene rings is 1. The normalized spacial score (nSPS) is 26.0. The summed E-state index contributed by atoms with van der Waals surface area (Å²) in [5, 5.41) is 0. The van der Waals surface area contributed by atoms with Gasteiger partial charge in [-0.3, -0.25) is 4.90 Å². The maximum Gasteiger partial charge on any atom is 0.167 e. The smallest absolute Gasteiger partial charge is 0.167 e. The average molecular weight is 293 g/mol. The molecule has 2 aliphatic rings. The molecule has 2 saturated heterocycles. The molecule has 116 valence electrons. The van der Waals surface area contributed by atoms with Crippen LogP contribution in [0.15, 0.2) is 12.1 Å². The fourth-order valence-corrected chi connectivity index (χ4v) is 3.63. The van der Waals surface area contributed by atoms with Gasteiger partial charge in [0.25, 0.3) is 0 Å². The molecule has 1 aromatic rings. The Labute approximate surface area is 125 Å². The number of hydrogen-bond donors (Lipinski definition) is 1. The molecule has 0 saturated carbocycles. The molecule has 2 fully saturated rings. The van der Waals surface area contributed by atoms with Crippen molar-refractivity contribution in [3.8, 4) is 5.75 Å². The molecule has 0 radical (unpaired) electrons.